The number of hydrogen-bond acceptors (Lipinski definition) is 3. The molecular formula is C13H26N2O2. The fourth-order valence-corrected chi connectivity index (χ4v) is 1.82. The molecule has 1 rings (SSSR count). The molecule has 1 fully saturated rings. The van der Waals surface area contributed by atoms with E-state index in [1.807, 2.05) is 20.8 Å². The molecule has 17 heavy (non-hydrogen) atoms. The van der Waals surface area contributed by atoms with Crippen molar-refractivity contribution in [3.05, 3.63) is 0 Å². The zero-order chi connectivity index (χ0) is 13.3. The molecule has 1 amide bonds. The molecule has 4 heteroatoms. The first-order chi connectivity index (χ1) is 7.59. The summed E-state index contributed by atoms with van der Waals surface area (Å²) in [6.07, 6.45) is -0.201. The standard InChI is InChI=1S/C13H26N2O2/c1-12(2,3)10-9-15(8-7-14-10)11(16)17-13(4,5)6/h10,14H,7-9H2,1-6H3. The Morgan fingerprint density at radius 2 is 1.82 bits per heavy atom. The number of amides is 1. The molecule has 0 aromatic rings. The molecule has 4 nitrogen and oxygen atoms in total. The lowest BCUT2D eigenvalue weighted by Gasteiger charge is -2.40. The molecule has 0 saturated carbocycles. The Hall–Kier alpha value is -0.770. The molecule has 1 aliphatic heterocycles. The summed E-state index contributed by atoms with van der Waals surface area (Å²) in [6.45, 7) is 14.5. The number of rotatable bonds is 0. The molecule has 0 aromatic carbocycles. The van der Waals surface area contributed by atoms with Crippen LogP contribution in [0.2, 0.25) is 0 Å². The van der Waals surface area contributed by atoms with E-state index in [1.165, 1.54) is 0 Å². The van der Waals surface area contributed by atoms with Gasteiger partial charge in [-0.2, -0.15) is 0 Å². The van der Waals surface area contributed by atoms with Gasteiger partial charge in [0.1, 0.15) is 5.60 Å². The summed E-state index contributed by atoms with van der Waals surface area (Å²) in [7, 11) is 0. The van der Waals surface area contributed by atoms with E-state index in [-0.39, 0.29) is 11.5 Å². The fraction of sp³-hybridized carbons (Fsp3) is 0.923. The van der Waals surface area contributed by atoms with Gasteiger partial charge >= 0.3 is 6.09 Å². The average Bonchev–Trinajstić information content (AvgIpc) is 2.14. The Labute approximate surface area is 105 Å². The monoisotopic (exact) mass is 242 g/mol. The maximum absolute atomic E-state index is 12.0. The number of hydrogen-bond donors (Lipinski definition) is 1. The highest BCUT2D eigenvalue weighted by atomic mass is 16.6. The number of nitrogens with zero attached hydrogens (tertiary/aromatic N) is 1. The van der Waals surface area contributed by atoms with Crippen LogP contribution < -0.4 is 5.32 Å². The Morgan fingerprint density at radius 1 is 1.24 bits per heavy atom. The summed E-state index contributed by atoms with van der Waals surface area (Å²) in [4.78, 5) is 13.8. The zero-order valence-electron chi connectivity index (χ0n) is 12.0. The predicted molar refractivity (Wildman–Crippen MR) is 69.1 cm³/mol. The van der Waals surface area contributed by atoms with Crippen LogP contribution in [0.3, 0.4) is 0 Å². The van der Waals surface area contributed by atoms with Crippen LogP contribution in [0.1, 0.15) is 41.5 Å². The Bertz CT molecular complexity index is 276. The minimum absolute atomic E-state index is 0.153. The van der Waals surface area contributed by atoms with Crippen molar-refractivity contribution in [1.82, 2.24) is 10.2 Å². The molecule has 0 radical (unpaired) electrons. The Balaban J connectivity index is 2.58. The van der Waals surface area contributed by atoms with Gasteiger partial charge in [0.25, 0.3) is 0 Å². The highest BCUT2D eigenvalue weighted by Gasteiger charge is 2.32. The maximum Gasteiger partial charge on any atom is 0.410 e. The molecular weight excluding hydrogens is 216 g/mol. The fourth-order valence-electron chi connectivity index (χ4n) is 1.82. The third-order valence-electron chi connectivity index (χ3n) is 2.87. The normalized spacial score (nSPS) is 22.5. The van der Waals surface area contributed by atoms with Crippen LogP contribution >= 0.6 is 0 Å². The summed E-state index contributed by atoms with van der Waals surface area (Å²) in [5, 5.41) is 3.46. The second-order valence-electron chi connectivity index (χ2n) is 6.80. The molecule has 1 saturated heterocycles. The van der Waals surface area contributed by atoms with Crippen molar-refractivity contribution in [3.63, 3.8) is 0 Å². The quantitative estimate of drug-likeness (QED) is 0.708. The molecule has 0 spiro atoms. The van der Waals surface area contributed by atoms with E-state index in [9.17, 15) is 4.79 Å². The van der Waals surface area contributed by atoms with Crippen LogP contribution in [0, 0.1) is 5.41 Å². The Morgan fingerprint density at radius 3 is 2.29 bits per heavy atom. The molecule has 1 N–H and O–H groups in total. The van der Waals surface area contributed by atoms with Gasteiger partial charge < -0.3 is 15.0 Å². The van der Waals surface area contributed by atoms with E-state index in [2.05, 4.69) is 26.1 Å². The lowest BCUT2D eigenvalue weighted by Crippen LogP contribution is -2.57. The second-order valence-corrected chi connectivity index (χ2v) is 6.80. The second kappa shape index (κ2) is 4.84. The van der Waals surface area contributed by atoms with E-state index in [1.54, 1.807) is 4.90 Å². The molecule has 0 aliphatic carbocycles. The number of piperazine rings is 1. The molecule has 1 aliphatic rings. The van der Waals surface area contributed by atoms with E-state index in [4.69, 9.17) is 4.74 Å². The van der Waals surface area contributed by atoms with Gasteiger partial charge in [-0.05, 0) is 26.2 Å². The predicted octanol–water partition coefficient (Wildman–Crippen LogP) is 2.24. The Kier molecular flexibility index (Phi) is 4.07. The van der Waals surface area contributed by atoms with Gasteiger partial charge in [-0.3, -0.25) is 0 Å². The third kappa shape index (κ3) is 4.54. The van der Waals surface area contributed by atoms with Crippen molar-refractivity contribution in [2.24, 2.45) is 5.41 Å². The SMILES string of the molecule is CC(C)(C)OC(=O)N1CCNC(C(C)(C)C)C1. The molecule has 0 bridgehead atoms. The number of carbonyl (C=O) groups excluding carboxylic acids is 1. The summed E-state index contributed by atoms with van der Waals surface area (Å²) < 4.78 is 5.40. The average molecular weight is 242 g/mol. The van der Waals surface area contributed by atoms with Gasteiger partial charge in [0, 0.05) is 25.7 Å². The lowest BCUT2D eigenvalue weighted by atomic mass is 9.85. The third-order valence-corrected chi connectivity index (χ3v) is 2.87. The number of nitrogens with one attached hydrogen (secondary N) is 1. The van der Waals surface area contributed by atoms with Gasteiger partial charge in [-0.15, -0.1) is 0 Å². The van der Waals surface area contributed by atoms with Crippen LogP contribution in [0.25, 0.3) is 0 Å². The van der Waals surface area contributed by atoms with Crippen molar-refractivity contribution in [3.8, 4) is 0 Å². The van der Waals surface area contributed by atoms with Crippen molar-refractivity contribution in [2.45, 2.75) is 53.2 Å². The molecule has 100 valence electrons. The highest BCUT2D eigenvalue weighted by molar-refractivity contribution is 5.68. The largest absolute Gasteiger partial charge is 0.444 e. The molecule has 1 atom stereocenters. The van der Waals surface area contributed by atoms with Crippen molar-refractivity contribution in [1.29, 1.82) is 0 Å². The van der Waals surface area contributed by atoms with Gasteiger partial charge in [-0.25, -0.2) is 4.79 Å². The highest BCUT2D eigenvalue weighted by Crippen LogP contribution is 2.22. The van der Waals surface area contributed by atoms with E-state index >= 15 is 0 Å². The van der Waals surface area contributed by atoms with Crippen LogP contribution in [0.4, 0.5) is 4.79 Å². The first-order valence-corrected chi connectivity index (χ1v) is 6.31. The van der Waals surface area contributed by atoms with Gasteiger partial charge in [0.15, 0.2) is 0 Å². The van der Waals surface area contributed by atoms with Crippen LogP contribution in [-0.4, -0.2) is 42.3 Å². The summed E-state index contributed by atoms with van der Waals surface area (Å²) >= 11 is 0. The summed E-state index contributed by atoms with van der Waals surface area (Å²) in [5.41, 5.74) is -0.264. The number of ether oxygens (including phenoxy) is 1. The number of carbonyl (C=O) groups is 1. The van der Waals surface area contributed by atoms with E-state index < -0.39 is 5.60 Å². The van der Waals surface area contributed by atoms with Crippen molar-refractivity contribution in [2.75, 3.05) is 19.6 Å². The molecule has 0 aromatic heterocycles. The summed E-state index contributed by atoms with van der Waals surface area (Å²) in [6, 6.07) is 0.323. The summed E-state index contributed by atoms with van der Waals surface area (Å²) in [5.74, 6) is 0. The minimum atomic E-state index is -0.417. The van der Waals surface area contributed by atoms with E-state index in [0.717, 1.165) is 19.6 Å². The maximum atomic E-state index is 12.0. The first-order valence-electron chi connectivity index (χ1n) is 6.31. The molecule has 1 heterocycles. The van der Waals surface area contributed by atoms with Crippen LogP contribution in [0.15, 0.2) is 0 Å². The van der Waals surface area contributed by atoms with Gasteiger partial charge in [-0.1, -0.05) is 20.8 Å². The van der Waals surface area contributed by atoms with E-state index in [0.29, 0.717) is 6.04 Å². The first kappa shape index (κ1) is 14.3. The van der Waals surface area contributed by atoms with Gasteiger partial charge in [0.05, 0.1) is 0 Å². The van der Waals surface area contributed by atoms with Gasteiger partial charge in [0.2, 0.25) is 0 Å². The van der Waals surface area contributed by atoms with Crippen molar-refractivity contribution >= 4 is 6.09 Å². The van der Waals surface area contributed by atoms with Crippen LogP contribution in [0.5, 0.6) is 0 Å². The molecule has 1 unspecified atom stereocenters. The van der Waals surface area contributed by atoms with Crippen molar-refractivity contribution < 1.29 is 9.53 Å². The lowest BCUT2D eigenvalue weighted by molar-refractivity contribution is 0.0148. The minimum Gasteiger partial charge on any atom is -0.444 e. The smallest absolute Gasteiger partial charge is 0.410 e. The topological polar surface area (TPSA) is 41.6 Å². The van der Waals surface area contributed by atoms with Crippen LogP contribution in [-0.2, 0) is 4.74 Å². The zero-order valence-corrected chi connectivity index (χ0v) is 12.0.